The van der Waals surface area contributed by atoms with Crippen LogP contribution in [-0.2, 0) is 0 Å². The van der Waals surface area contributed by atoms with Crippen LogP contribution in [0.4, 0.5) is 5.69 Å². The quantitative estimate of drug-likeness (QED) is 0.645. The van der Waals surface area contributed by atoms with E-state index in [1.807, 2.05) is 73.1 Å². The number of nitrogens with one attached hydrogen (secondary N) is 1. The van der Waals surface area contributed by atoms with Crippen LogP contribution in [0.5, 0.6) is 0 Å². The van der Waals surface area contributed by atoms with Gasteiger partial charge in [0.15, 0.2) is 0 Å². The monoisotopic (exact) mass is 417 g/mol. The number of anilines is 1. The van der Waals surface area contributed by atoms with E-state index in [1.165, 1.54) is 0 Å². The van der Waals surface area contributed by atoms with E-state index in [4.69, 9.17) is 0 Å². The van der Waals surface area contributed by atoms with E-state index in [2.05, 4.69) is 33.0 Å². The number of nitrogens with zero attached hydrogens (tertiary/aromatic N) is 2. The average molecular weight is 417 g/mol. The maximum atomic E-state index is 12.3. The second kappa shape index (κ2) is 6.54. The van der Waals surface area contributed by atoms with E-state index in [0.29, 0.717) is 5.56 Å². The summed E-state index contributed by atoms with van der Waals surface area (Å²) in [7, 11) is 0. The number of carbonyl (C=O) groups excluding carboxylic acids is 1. The molecule has 0 aliphatic rings. The number of benzene rings is 2. The zero-order valence-electron chi connectivity index (χ0n) is 12.9. The Morgan fingerprint density at radius 2 is 1.83 bits per heavy atom. The van der Waals surface area contributed by atoms with Crippen molar-refractivity contribution in [3.63, 3.8) is 0 Å². The summed E-state index contributed by atoms with van der Waals surface area (Å²) >= 11 is 2.22. The molecule has 0 saturated carbocycles. The molecule has 0 aliphatic carbocycles. The normalized spacial score (nSPS) is 10.6. The molecule has 5 heteroatoms. The molecule has 0 unspecified atom stereocenters. The summed E-state index contributed by atoms with van der Waals surface area (Å²) in [5.41, 5.74) is 4.40. The number of carbonyl (C=O) groups is 1. The fourth-order valence-corrected chi connectivity index (χ4v) is 2.96. The summed E-state index contributed by atoms with van der Waals surface area (Å²) in [5, 5.41) is 7.36. The predicted octanol–water partition coefficient (Wildman–Crippen LogP) is 4.35. The average Bonchev–Trinajstić information content (AvgIpc) is 2.86. The Kier molecular flexibility index (Phi) is 4.47. The van der Waals surface area contributed by atoms with Crippen LogP contribution in [0.25, 0.3) is 5.69 Å². The molecule has 116 valence electrons. The Balaban J connectivity index is 1.79. The lowest BCUT2D eigenvalue weighted by Gasteiger charge is -2.08. The summed E-state index contributed by atoms with van der Waals surface area (Å²) < 4.78 is 2.96. The van der Waals surface area contributed by atoms with Gasteiger partial charge in [-0.1, -0.05) is 6.07 Å². The molecule has 3 rings (SSSR count). The fraction of sp³-hybridized carbons (Fsp3) is 0.111. The van der Waals surface area contributed by atoms with Crippen LogP contribution in [-0.4, -0.2) is 15.7 Å². The van der Waals surface area contributed by atoms with Gasteiger partial charge in [-0.25, -0.2) is 4.68 Å². The highest BCUT2D eigenvalue weighted by molar-refractivity contribution is 14.1. The lowest BCUT2D eigenvalue weighted by atomic mass is 10.2. The number of aromatic nitrogens is 2. The van der Waals surface area contributed by atoms with E-state index >= 15 is 0 Å². The third-order valence-electron chi connectivity index (χ3n) is 3.47. The Morgan fingerprint density at radius 1 is 1.09 bits per heavy atom. The first kappa shape index (κ1) is 15.7. The van der Waals surface area contributed by atoms with Gasteiger partial charge in [-0.15, -0.1) is 0 Å². The molecule has 0 aliphatic heterocycles. The highest BCUT2D eigenvalue weighted by Crippen LogP contribution is 2.16. The van der Waals surface area contributed by atoms with Gasteiger partial charge in [-0.05, 0) is 85.0 Å². The standard InChI is InChI=1S/C18H16IN3O/c1-12-10-13(2)22(21-12)17-8-6-14(7-9-17)18(23)20-16-5-3-4-15(19)11-16/h3-11H,1-2H3,(H,20,23). The smallest absolute Gasteiger partial charge is 0.255 e. The van der Waals surface area contributed by atoms with Gasteiger partial charge in [-0.3, -0.25) is 4.79 Å². The van der Waals surface area contributed by atoms with Crippen molar-refractivity contribution in [2.24, 2.45) is 0 Å². The van der Waals surface area contributed by atoms with E-state index in [-0.39, 0.29) is 5.91 Å². The molecule has 23 heavy (non-hydrogen) atoms. The van der Waals surface area contributed by atoms with Crippen LogP contribution in [0.1, 0.15) is 21.7 Å². The largest absolute Gasteiger partial charge is 0.322 e. The first-order valence-electron chi connectivity index (χ1n) is 7.23. The minimum atomic E-state index is -0.119. The van der Waals surface area contributed by atoms with Crippen LogP contribution in [0.3, 0.4) is 0 Å². The van der Waals surface area contributed by atoms with Crippen molar-refractivity contribution in [2.75, 3.05) is 5.32 Å². The molecule has 1 aromatic heterocycles. The predicted molar refractivity (Wildman–Crippen MR) is 100 cm³/mol. The van der Waals surface area contributed by atoms with E-state index in [1.54, 1.807) is 0 Å². The topological polar surface area (TPSA) is 46.9 Å². The van der Waals surface area contributed by atoms with Gasteiger partial charge in [0.1, 0.15) is 0 Å². The van der Waals surface area contributed by atoms with Crippen molar-refractivity contribution in [1.29, 1.82) is 0 Å². The van der Waals surface area contributed by atoms with Gasteiger partial charge in [-0.2, -0.15) is 5.10 Å². The summed E-state index contributed by atoms with van der Waals surface area (Å²) in [6.45, 7) is 3.98. The SMILES string of the molecule is Cc1cc(C)n(-c2ccc(C(=O)Nc3cccc(I)c3)cc2)n1. The Labute approximate surface area is 148 Å². The highest BCUT2D eigenvalue weighted by Gasteiger charge is 2.08. The van der Waals surface area contributed by atoms with E-state index in [0.717, 1.165) is 26.3 Å². The molecular weight excluding hydrogens is 401 g/mol. The molecule has 0 radical (unpaired) electrons. The van der Waals surface area contributed by atoms with Gasteiger partial charge in [0, 0.05) is 20.5 Å². The summed E-state index contributed by atoms with van der Waals surface area (Å²) in [5.74, 6) is -0.119. The van der Waals surface area contributed by atoms with Crippen molar-refractivity contribution < 1.29 is 4.79 Å². The molecule has 0 bridgehead atoms. The zero-order chi connectivity index (χ0) is 16.4. The van der Waals surface area contributed by atoms with Crippen LogP contribution in [0.2, 0.25) is 0 Å². The lowest BCUT2D eigenvalue weighted by molar-refractivity contribution is 0.102. The summed E-state index contributed by atoms with van der Waals surface area (Å²) in [6, 6.07) is 17.2. The van der Waals surface area contributed by atoms with E-state index in [9.17, 15) is 4.79 Å². The molecule has 0 fully saturated rings. The van der Waals surface area contributed by atoms with Crippen LogP contribution in [0.15, 0.2) is 54.6 Å². The van der Waals surface area contributed by atoms with Gasteiger partial charge >= 0.3 is 0 Å². The maximum absolute atomic E-state index is 12.3. The molecule has 3 aromatic rings. The van der Waals surface area contributed by atoms with Gasteiger partial charge in [0.25, 0.3) is 5.91 Å². The van der Waals surface area contributed by atoms with Gasteiger partial charge in [0.2, 0.25) is 0 Å². The first-order chi connectivity index (χ1) is 11.0. The molecule has 1 N–H and O–H groups in total. The molecule has 0 spiro atoms. The van der Waals surface area contributed by atoms with Crippen LogP contribution in [0, 0.1) is 17.4 Å². The second-order valence-electron chi connectivity index (χ2n) is 5.35. The Bertz CT molecular complexity index is 853. The Hall–Kier alpha value is -2.15. The Morgan fingerprint density at radius 3 is 2.43 bits per heavy atom. The second-order valence-corrected chi connectivity index (χ2v) is 6.60. The van der Waals surface area contributed by atoms with Crippen molar-refractivity contribution >= 4 is 34.2 Å². The molecule has 0 atom stereocenters. The molecular formula is C18H16IN3O. The van der Waals surface area contributed by atoms with Crippen LogP contribution >= 0.6 is 22.6 Å². The molecule has 1 heterocycles. The van der Waals surface area contributed by atoms with Crippen molar-refractivity contribution in [3.8, 4) is 5.69 Å². The molecule has 0 saturated heterocycles. The number of rotatable bonds is 3. The summed E-state index contributed by atoms with van der Waals surface area (Å²) in [6.07, 6.45) is 0. The fourth-order valence-electron chi connectivity index (χ4n) is 2.41. The van der Waals surface area contributed by atoms with Crippen molar-refractivity contribution in [2.45, 2.75) is 13.8 Å². The number of aryl methyl sites for hydroxylation is 2. The lowest BCUT2D eigenvalue weighted by Crippen LogP contribution is -2.12. The number of amides is 1. The third-order valence-corrected chi connectivity index (χ3v) is 4.14. The highest BCUT2D eigenvalue weighted by atomic mass is 127. The number of hydrogen-bond donors (Lipinski definition) is 1. The van der Waals surface area contributed by atoms with Gasteiger partial charge in [0.05, 0.1) is 11.4 Å². The minimum absolute atomic E-state index is 0.119. The molecule has 2 aromatic carbocycles. The van der Waals surface area contributed by atoms with Gasteiger partial charge < -0.3 is 5.32 Å². The summed E-state index contributed by atoms with van der Waals surface area (Å²) in [4.78, 5) is 12.3. The zero-order valence-corrected chi connectivity index (χ0v) is 15.0. The van der Waals surface area contributed by atoms with Crippen molar-refractivity contribution in [3.05, 3.63) is 75.1 Å². The molecule has 1 amide bonds. The molecule has 4 nitrogen and oxygen atoms in total. The van der Waals surface area contributed by atoms with Crippen LogP contribution < -0.4 is 5.32 Å². The van der Waals surface area contributed by atoms with Crippen molar-refractivity contribution in [1.82, 2.24) is 9.78 Å². The van der Waals surface area contributed by atoms with E-state index < -0.39 is 0 Å². The number of halogens is 1. The first-order valence-corrected chi connectivity index (χ1v) is 8.31. The third kappa shape index (κ3) is 3.61. The minimum Gasteiger partial charge on any atom is -0.322 e. The number of hydrogen-bond acceptors (Lipinski definition) is 2. The maximum Gasteiger partial charge on any atom is 0.255 e.